The molecule has 132 valence electrons. The molecule has 0 bridgehead atoms. The van der Waals surface area contributed by atoms with Crippen LogP contribution < -0.4 is 9.80 Å². The molecule has 26 heavy (non-hydrogen) atoms. The van der Waals surface area contributed by atoms with E-state index < -0.39 is 11.4 Å². The maximum absolute atomic E-state index is 14.7. The second-order valence-corrected chi connectivity index (χ2v) is 7.27. The predicted molar refractivity (Wildman–Crippen MR) is 104 cm³/mol. The van der Waals surface area contributed by atoms with E-state index in [-0.39, 0.29) is 27.3 Å². The number of anilines is 2. The normalized spacial score (nSPS) is 16.2. The Labute approximate surface area is 161 Å². The Morgan fingerprint density at radius 2 is 1.81 bits per heavy atom. The van der Waals surface area contributed by atoms with Crippen LogP contribution in [0.3, 0.4) is 0 Å². The Balaban J connectivity index is 2.13. The molecule has 2 aromatic carbocycles. The van der Waals surface area contributed by atoms with Crippen molar-refractivity contribution < 1.29 is 9.18 Å². The minimum atomic E-state index is -1.00. The molecule has 1 fully saturated rings. The van der Waals surface area contributed by atoms with E-state index in [0.29, 0.717) is 0 Å². The van der Waals surface area contributed by atoms with Gasteiger partial charge < -0.3 is 4.90 Å². The number of rotatable bonds is 2. The number of nitriles is 1. The summed E-state index contributed by atoms with van der Waals surface area (Å²) >= 11 is 11.4. The van der Waals surface area contributed by atoms with Crippen LogP contribution >= 0.6 is 23.8 Å². The highest BCUT2D eigenvalue weighted by Crippen LogP contribution is 2.38. The highest BCUT2D eigenvalue weighted by atomic mass is 35.5. The van der Waals surface area contributed by atoms with Gasteiger partial charge >= 0.3 is 0 Å². The third-order valence-electron chi connectivity index (χ3n) is 4.38. The molecule has 3 rings (SSSR count). The molecule has 1 amide bonds. The molecular weight excluding hydrogens is 373 g/mol. The van der Waals surface area contributed by atoms with Crippen LogP contribution in [0.25, 0.3) is 0 Å². The van der Waals surface area contributed by atoms with Crippen LogP contribution in [0.15, 0.2) is 36.4 Å². The van der Waals surface area contributed by atoms with Crippen molar-refractivity contribution in [3.8, 4) is 6.07 Å². The summed E-state index contributed by atoms with van der Waals surface area (Å²) < 4.78 is 14.7. The van der Waals surface area contributed by atoms with Crippen molar-refractivity contribution in [1.82, 2.24) is 0 Å². The largest absolute Gasteiger partial charge is 0.304 e. The van der Waals surface area contributed by atoms with Gasteiger partial charge in [0.15, 0.2) is 10.9 Å². The minimum absolute atomic E-state index is 0.000122. The highest BCUT2D eigenvalue weighted by molar-refractivity contribution is 7.81. The van der Waals surface area contributed by atoms with E-state index >= 15 is 0 Å². The zero-order chi connectivity index (χ0) is 19.2. The summed E-state index contributed by atoms with van der Waals surface area (Å²) in [7, 11) is 0. The van der Waals surface area contributed by atoms with Gasteiger partial charge in [-0.05, 0) is 57.3 Å². The molecule has 2 aromatic rings. The number of aryl methyl sites for hydroxylation is 1. The van der Waals surface area contributed by atoms with Gasteiger partial charge in [0.2, 0.25) is 0 Å². The van der Waals surface area contributed by atoms with Crippen LogP contribution in [0.2, 0.25) is 5.02 Å². The molecule has 0 unspecified atom stereocenters. The molecule has 0 atom stereocenters. The van der Waals surface area contributed by atoms with E-state index in [9.17, 15) is 9.18 Å². The van der Waals surface area contributed by atoms with Gasteiger partial charge in [0, 0.05) is 5.69 Å². The lowest BCUT2D eigenvalue weighted by molar-refractivity contribution is -0.120. The van der Waals surface area contributed by atoms with Crippen LogP contribution in [0, 0.1) is 24.1 Å². The van der Waals surface area contributed by atoms with E-state index in [4.69, 9.17) is 29.1 Å². The molecule has 1 heterocycles. The van der Waals surface area contributed by atoms with Gasteiger partial charge in [-0.2, -0.15) is 5.26 Å². The van der Waals surface area contributed by atoms with Crippen LogP contribution in [0.4, 0.5) is 15.8 Å². The van der Waals surface area contributed by atoms with E-state index in [1.54, 1.807) is 18.7 Å². The molecule has 1 aliphatic rings. The first kappa shape index (κ1) is 18.3. The zero-order valence-electron chi connectivity index (χ0n) is 14.4. The summed E-state index contributed by atoms with van der Waals surface area (Å²) in [5.74, 6) is -1.22. The molecule has 0 saturated carbocycles. The average Bonchev–Trinajstić information content (AvgIpc) is 2.77. The SMILES string of the molecule is Cc1ccc(N2C(=S)N(c3ccc(C#N)c(Cl)c3F)C(=O)C2(C)C)cc1. The van der Waals surface area contributed by atoms with Gasteiger partial charge in [-0.3, -0.25) is 9.69 Å². The zero-order valence-corrected chi connectivity index (χ0v) is 16.0. The molecule has 4 nitrogen and oxygen atoms in total. The lowest BCUT2D eigenvalue weighted by Gasteiger charge is -2.29. The first-order valence-corrected chi connectivity index (χ1v) is 8.62. The van der Waals surface area contributed by atoms with Crippen LogP contribution in [0.1, 0.15) is 25.0 Å². The maximum atomic E-state index is 14.7. The van der Waals surface area contributed by atoms with Crippen LogP contribution in [-0.2, 0) is 4.79 Å². The predicted octanol–water partition coefficient (Wildman–Crippen LogP) is 4.58. The van der Waals surface area contributed by atoms with Crippen molar-refractivity contribution in [2.45, 2.75) is 26.3 Å². The van der Waals surface area contributed by atoms with Gasteiger partial charge in [-0.1, -0.05) is 29.3 Å². The van der Waals surface area contributed by atoms with Crippen LogP contribution in [-0.4, -0.2) is 16.6 Å². The van der Waals surface area contributed by atoms with E-state index in [0.717, 1.165) is 16.2 Å². The molecule has 1 aliphatic heterocycles. The fraction of sp³-hybridized carbons (Fsp3) is 0.211. The van der Waals surface area contributed by atoms with Crippen molar-refractivity contribution in [2.24, 2.45) is 0 Å². The monoisotopic (exact) mass is 387 g/mol. The Morgan fingerprint density at radius 3 is 2.38 bits per heavy atom. The lowest BCUT2D eigenvalue weighted by Crippen LogP contribution is -2.44. The van der Waals surface area contributed by atoms with Gasteiger partial charge in [0.1, 0.15) is 11.6 Å². The molecule has 0 aromatic heterocycles. The number of carbonyl (C=O) groups excluding carboxylic acids is 1. The van der Waals surface area contributed by atoms with Gasteiger partial charge in [-0.25, -0.2) is 4.39 Å². The fourth-order valence-electron chi connectivity index (χ4n) is 2.93. The topological polar surface area (TPSA) is 47.3 Å². The summed E-state index contributed by atoms with van der Waals surface area (Å²) in [6, 6.07) is 12.1. The summed E-state index contributed by atoms with van der Waals surface area (Å²) in [6.07, 6.45) is 0. The van der Waals surface area contributed by atoms with Crippen molar-refractivity contribution in [3.05, 3.63) is 58.4 Å². The van der Waals surface area contributed by atoms with Gasteiger partial charge in [0.05, 0.1) is 16.3 Å². The van der Waals surface area contributed by atoms with Crippen molar-refractivity contribution >= 4 is 46.2 Å². The molecule has 0 aliphatic carbocycles. The molecule has 0 spiro atoms. The standard InChI is InChI=1S/C19H15ClFN3OS/c1-11-4-7-13(8-5-11)24-18(26)23(17(25)19(24,2)3)14-9-6-12(10-22)15(20)16(14)21/h4-9H,1-3H3. The molecular formula is C19H15ClFN3OS. The maximum Gasteiger partial charge on any atom is 0.259 e. The molecule has 1 saturated heterocycles. The smallest absolute Gasteiger partial charge is 0.259 e. The minimum Gasteiger partial charge on any atom is -0.304 e. The van der Waals surface area contributed by atoms with Crippen molar-refractivity contribution in [2.75, 3.05) is 9.80 Å². The Morgan fingerprint density at radius 1 is 1.19 bits per heavy atom. The number of amides is 1. The third-order valence-corrected chi connectivity index (χ3v) is 5.12. The van der Waals surface area contributed by atoms with Gasteiger partial charge in [0.25, 0.3) is 5.91 Å². The van der Waals surface area contributed by atoms with E-state index in [1.165, 1.54) is 12.1 Å². The average molecular weight is 388 g/mol. The number of thiocarbonyl (C=S) groups is 1. The number of nitrogens with zero attached hydrogens (tertiary/aromatic N) is 3. The summed E-state index contributed by atoms with van der Waals surface area (Å²) in [4.78, 5) is 15.9. The Kier molecular flexibility index (Phi) is 4.47. The van der Waals surface area contributed by atoms with E-state index in [1.807, 2.05) is 37.3 Å². The van der Waals surface area contributed by atoms with Gasteiger partial charge in [-0.15, -0.1) is 0 Å². The Bertz CT molecular complexity index is 966. The summed E-state index contributed by atoms with van der Waals surface area (Å²) in [5.41, 5.74) is 0.747. The second kappa shape index (κ2) is 6.35. The highest BCUT2D eigenvalue weighted by Gasteiger charge is 2.51. The number of halogens is 2. The third kappa shape index (κ3) is 2.64. The number of benzene rings is 2. The first-order chi connectivity index (χ1) is 12.2. The first-order valence-electron chi connectivity index (χ1n) is 7.83. The quantitative estimate of drug-likeness (QED) is 0.708. The number of hydrogen-bond acceptors (Lipinski definition) is 3. The van der Waals surface area contributed by atoms with Crippen molar-refractivity contribution in [3.63, 3.8) is 0 Å². The summed E-state index contributed by atoms with van der Waals surface area (Å²) in [6.45, 7) is 5.41. The number of carbonyl (C=O) groups is 1. The Hall–Kier alpha value is -2.49. The van der Waals surface area contributed by atoms with Crippen LogP contribution in [0.5, 0.6) is 0 Å². The lowest BCUT2D eigenvalue weighted by atomic mass is 10.0. The summed E-state index contributed by atoms with van der Waals surface area (Å²) in [5, 5.41) is 8.81. The van der Waals surface area contributed by atoms with Crippen molar-refractivity contribution in [1.29, 1.82) is 5.26 Å². The second-order valence-electron chi connectivity index (χ2n) is 6.53. The van der Waals surface area contributed by atoms with E-state index in [2.05, 4.69) is 0 Å². The number of hydrogen-bond donors (Lipinski definition) is 0. The molecule has 0 N–H and O–H groups in total. The molecule has 0 radical (unpaired) electrons. The fourth-order valence-corrected chi connectivity index (χ4v) is 3.65. The molecule has 7 heteroatoms.